The van der Waals surface area contributed by atoms with E-state index in [4.69, 9.17) is 0 Å². The number of hydrogen-bond donors (Lipinski definition) is 1. The van der Waals surface area contributed by atoms with Gasteiger partial charge in [-0.15, -0.1) is 0 Å². The first kappa shape index (κ1) is 12.2. The molecule has 1 aromatic rings. The Labute approximate surface area is 101 Å². The van der Waals surface area contributed by atoms with Gasteiger partial charge in [0.25, 0.3) is 0 Å². The van der Waals surface area contributed by atoms with E-state index in [1.165, 1.54) is 0 Å². The molecule has 1 N–H and O–H groups in total. The van der Waals surface area contributed by atoms with Crippen LogP contribution in [0.3, 0.4) is 0 Å². The van der Waals surface area contributed by atoms with Gasteiger partial charge in [-0.1, -0.05) is 36.8 Å². The van der Waals surface area contributed by atoms with Gasteiger partial charge >= 0.3 is 0 Å². The third-order valence-electron chi connectivity index (χ3n) is 3.47. The minimum atomic E-state index is -0.647. The van der Waals surface area contributed by atoms with Crippen LogP contribution in [0.1, 0.15) is 31.2 Å². The lowest BCUT2D eigenvalue weighted by Gasteiger charge is -2.37. The first-order chi connectivity index (χ1) is 8.29. The van der Waals surface area contributed by atoms with Gasteiger partial charge in [-0.05, 0) is 18.4 Å². The molecule has 1 aliphatic carbocycles. The van der Waals surface area contributed by atoms with Crippen LogP contribution in [-0.2, 0) is 10.3 Å². The first-order valence-electron chi connectivity index (χ1n) is 6.19. The monoisotopic (exact) mass is 235 g/mol. The molecular weight excluding hydrogens is 217 g/mol. The molecular formula is C14H18FNO. The maximum atomic E-state index is 12.4. The summed E-state index contributed by atoms with van der Waals surface area (Å²) >= 11 is 0. The van der Waals surface area contributed by atoms with Crippen LogP contribution >= 0.6 is 0 Å². The molecule has 1 fully saturated rings. The van der Waals surface area contributed by atoms with Crippen molar-refractivity contribution in [3.05, 3.63) is 35.9 Å². The summed E-state index contributed by atoms with van der Waals surface area (Å²) in [7, 11) is 0. The van der Waals surface area contributed by atoms with Crippen LogP contribution in [0.25, 0.3) is 0 Å². The summed E-state index contributed by atoms with van der Waals surface area (Å²) in [5, 5.41) is 3.13. The van der Waals surface area contributed by atoms with Crippen LogP contribution in [0.4, 0.5) is 4.39 Å². The molecule has 0 unspecified atom stereocenters. The number of benzene rings is 1. The van der Waals surface area contributed by atoms with Crippen LogP contribution in [0.15, 0.2) is 30.3 Å². The van der Waals surface area contributed by atoms with Crippen molar-refractivity contribution in [2.45, 2.75) is 31.2 Å². The van der Waals surface area contributed by atoms with E-state index in [0.29, 0.717) is 6.42 Å². The zero-order valence-corrected chi connectivity index (χ0v) is 9.92. The average Bonchev–Trinajstić information content (AvgIpc) is 2.39. The van der Waals surface area contributed by atoms with E-state index >= 15 is 0 Å². The van der Waals surface area contributed by atoms with Crippen molar-refractivity contribution < 1.29 is 9.18 Å². The van der Waals surface area contributed by atoms with E-state index in [1.807, 2.05) is 30.3 Å². The lowest BCUT2D eigenvalue weighted by molar-refractivity contribution is -0.128. The predicted molar refractivity (Wildman–Crippen MR) is 65.6 cm³/mol. The van der Waals surface area contributed by atoms with Crippen molar-refractivity contribution in [2.75, 3.05) is 13.2 Å². The molecule has 1 aliphatic rings. The highest BCUT2D eigenvalue weighted by Crippen LogP contribution is 2.34. The van der Waals surface area contributed by atoms with Crippen LogP contribution in [0, 0.1) is 0 Å². The zero-order valence-electron chi connectivity index (χ0n) is 9.92. The number of ketones is 1. The Hall–Kier alpha value is -1.22. The summed E-state index contributed by atoms with van der Waals surface area (Å²) in [5.74, 6) is 0.198. The zero-order chi connectivity index (χ0) is 12.1. The molecule has 1 atom stereocenters. The third kappa shape index (κ3) is 2.39. The van der Waals surface area contributed by atoms with Crippen LogP contribution in [-0.4, -0.2) is 19.0 Å². The number of hydrogen-bond acceptors (Lipinski definition) is 2. The van der Waals surface area contributed by atoms with Gasteiger partial charge < -0.3 is 0 Å². The highest BCUT2D eigenvalue weighted by atomic mass is 19.1. The molecule has 17 heavy (non-hydrogen) atoms. The van der Waals surface area contributed by atoms with E-state index in [2.05, 4.69) is 5.32 Å². The lowest BCUT2D eigenvalue weighted by Crippen LogP contribution is -2.51. The number of carbonyl (C=O) groups excluding carboxylic acids is 1. The van der Waals surface area contributed by atoms with Gasteiger partial charge in [-0.2, -0.15) is 0 Å². The Balaban J connectivity index is 2.32. The normalized spacial score (nSPS) is 24.9. The van der Waals surface area contributed by atoms with Crippen molar-refractivity contribution in [2.24, 2.45) is 0 Å². The van der Waals surface area contributed by atoms with Crippen LogP contribution in [0.2, 0.25) is 0 Å². The number of carbonyl (C=O) groups is 1. The van der Waals surface area contributed by atoms with E-state index < -0.39 is 12.2 Å². The Morgan fingerprint density at radius 1 is 1.24 bits per heavy atom. The van der Waals surface area contributed by atoms with Gasteiger partial charge in [0.1, 0.15) is 12.2 Å². The number of rotatable bonds is 4. The van der Waals surface area contributed by atoms with E-state index in [1.54, 1.807) is 0 Å². The van der Waals surface area contributed by atoms with E-state index in [-0.39, 0.29) is 12.3 Å². The summed E-state index contributed by atoms with van der Waals surface area (Å²) in [6.45, 7) is -0.206. The lowest BCUT2D eigenvalue weighted by atomic mass is 9.75. The molecule has 1 aromatic carbocycles. The smallest absolute Gasteiger partial charge is 0.157 e. The van der Waals surface area contributed by atoms with Gasteiger partial charge in [-0.3, -0.25) is 10.1 Å². The van der Waals surface area contributed by atoms with Crippen molar-refractivity contribution in [1.29, 1.82) is 0 Å². The number of alkyl halides is 1. The van der Waals surface area contributed by atoms with Gasteiger partial charge in [0.05, 0.1) is 0 Å². The molecule has 0 radical (unpaired) electrons. The number of nitrogens with one attached hydrogen (secondary N) is 1. The molecule has 0 aromatic heterocycles. The molecule has 0 saturated heterocycles. The molecule has 0 heterocycles. The molecule has 92 valence electrons. The second-order valence-electron chi connectivity index (χ2n) is 4.52. The average molecular weight is 235 g/mol. The molecule has 0 spiro atoms. The highest BCUT2D eigenvalue weighted by Gasteiger charge is 2.40. The van der Waals surface area contributed by atoms with Crippen molar-refractivity contribution in [3.63, 3.8) is 0 Å². The largest absolute Gasteiger partial charge is 0.299 e. The minimum Gasteiger partial charge on any atom is -0.299 e. The molecule has 2 nitrogen and oxygen atoms in total. The second-order valence-corrected chi connectivity index (χ2v) is 4.52. The van der Waals surface area contributed by atoms with E-state index in [9.17, 15) is 9.18 Å². The summed E-state index contributed by atoms with van der Waals surface area (Å²) < 4.78 is 12.4. The topological polar surface area (TPSA) is 29.1 Å². The summed E-state index contributed by atoms with van der Waals surface area (Å²) in [6, 6.07) is 9.69. The van der Waals surface area contributed by atoms with Crippen molar-refractivity contribution >= 4 is 5.78 Å². The molecule has 0 bridgehead atoms. The second kappa shape index (κ2) is 5.41. The molecule has 2 rings (SSSR count). The SMILES string of the molecule is O=C1CCCC[C@]1(NCCF)c1ccccc1. The number of Topliss-reactive ketones (excluding diaryl/α,β-unsaturated/α-hetero) is 1. The fourth-order valence-electron chi connectivity index (χ4n) is 2.61. The Morgan fingerprint density at radius 3 is 2.65 bits per heavy atom. The quantitative estimate of drug-likeness (QED) is 0.869. The molecule has 3 heteroatoms. The predicted octanol–water partition coefficient (Wildman–Crippen LogP) is 2.58. The van der Waals surface area contributed by atoms with Gasteiger partial charge in [0, 0.05) is 13.0 Å². The maximum Gasteiger partial charge on any atom is 0.157 e. The Morgan fingerprint density at radius 2 is 2.00 bits per heavy atom. The first-order valence-corrected chi connectivity index (χ1v) is 6.19. The fraction of sp³-hybridized carbons (Fsp3) is 0.500. The maximum absolute atomic E-state index is 12.4. The summed E-state index contributed by atoms with van der Waals surface area (Å²) in [4.78, 5) is 12.2. The standard InChI is InChI=1S/C14H18FNO/c15-10-11-16-14(9-5-4-8-13(14)17)12-6-2-1-3-7-12/h1-3,6-7,16H,4-5,8-11H2/t14-/m0/s1. The van der Waals surface area contributed by atoms with Crippen molar-refractivity contribution in [1.82, 2.24) is 5.32 Å². The molecule has 0 amide bonds. The van der Waals surface area contributed by atoms with E-state index in [0.717, 1.165) is 24.8 Å². The van der Waals surface area contributed by atoms with Gasteiger partial charge in [-0.25, -0.2) is 4.39 Å². The van der Waals surface area contributed by atoms with Crippen molar-refractivity contribution in [3.8, 4) is 0 Å². The number of halogens is 1. The Kier molecular flexibility index (Phi) is 3.89. The highest BCUT2D eigenvalue weighted by molar-refractivity contribution is 5.90. The molecule has 0 aliphatic heterocycles. The van der Waals surface area contributed by atoms with Gasteiger partial charge in [0.2, 0.25) is 0 Å². The van der Waals surface area contributed by atoms with Crippen LogP contribution in [0.5, 0.6) is 0 Å². The minimum absolute atomic E-state index is 0.198. The Bertz CT molecular complexity index is 379. The third-order valence-corrected chi connectivity index (χ3v) is 3.47. The summed E-state index contributed by atoms with van der Waals surface area (Å²) in [5.41, 5.74) is 0.323. The fourth-order valence-corrected chi connectivity index (χ4v) is 2.61. The summed E-state index contributed by atoms with van der Waals surface area (Å²) in [6.07, 6.45) is 3.33. The van der Waals surface area contributed by atoms with Crippen LogP contribution < -0.4 is 5.32 Å². The van der Waals surface area contributed by atoms with Gasteiger partial charge in [0.15, 0.2) is 5.78 Å². The molecule has 1 saturated carbocycles.